The smallest absolute Gasteiger partial charge is 0.298 e. The summed E-state index contributed by atoms with van der Waals surface area (Å²) in [5, 5.41) is 0.392. The Morgan fingerprint density at radius 2 is 2.09 bits per heavy atom. The molecule has 1 aromatic carbocycles. The second-order valence-electron chi connectivity index (χ2n) is 5.19. The van der Waals surface area contributed by atoms with Gasteiger partial charge in [-0.1, -0.05) is 23.7 Å². The molecule has 2 heterocycles. The van der Waals surface area contributed by atoms with Crippen molar-refractivity contribution in [2.45, 2.75) is 0 Å². The molecule has 1 aromatic rings. The van der Waals surface area contributed by atoms with Crippen molar-refractivity contribution in [3.63, 3.8) is 0 Å². The Kier molecular flexibility index (Phi) is 4.83. The van der Waals surface area contributed by atoms with Crippen molar-refractivity contribution in [2.24, 2.45) is 0 Å². The first-order valence-electron chi connectivity index (χ1n) is 7.06. The number of carbonyl (C=O) groups is 2. The maximum absolute atomic E-state index is 12.4. The quantitative estimate of drug-likeness (QED) is 0.842. The highest BCUT2D eigenvalue weighted by atomic mass is 35.5. The number of amides is 2. The van der Waals surface area contributed by atoms with Gasteiger partial charge in [-0.05, 0) is 35.5 Å². The van der Waals surface area contributed by atoms with E-state index < -0.39 is 0 Å². The van der Waals surface area contributed by atoms with Crippen LogP contribution in [-0.2, 0) is 9.53 Å². The van der Waals surface area contributed by atoms with Gasteiger partial charge in [0.1, 0.15) is 13.1 Å². The fourth-order valence-corrected chi connectivity index (χ4v) is 3.46. The molecular weight excluding hydrogens is 324 g/mol. The summed E-state index contributed by atoms with van der Waals surface area (Å²) in [5.41, 5.74) is 0.816. The molecule has 1 N–H and O–H groups in total. The summed E-state index contributed by atoms with van der Waals surface area (Å²) >= 11 is 6.92. The second kappa shape index (κ2) is 6.83. The van der Waals surface area contributed by atoms with E-state index >= 15 is 0 Å². The van der Waals surface area contributed by atoms with Crippen LogP contribution < -0.4 is 4.90 Å². The van der Waals surface area contributed by atoms with Crippen molar-refractivity contribution in [2.75, 3.05) is 33.0 Å². The van der Waals surface area contributed by atoms with Gasteiger partial charge in [-0.2, -0.15) is 0 Å². The first kappa shape index (κ1) is 15.6. The number of ether oxygens (including phenoxy) is 1. The van der Waals surface area contributed by atoms with Crippen LogP contribution in [0, 0.1) is 0 Å². The van der Waals surface area contributed by atoms with Gasteiger partial charge in [0.2, 0.25) is 0 Å². The number of nitrogens with zero attached hydrogens (tertiary/aromatic N) is 1. The third kappa shape index (κ3) is 3.52. The predicted molar refractivity (Wildman–Crippen MR) is 85.6 cm³/mol. The maximum Gasteiger partial charge on any atom is 0.298 e. The van der Waals surface area contributed by atoms with E-state index in [-0.39, 0.29) is 11.1 Å². The fraction of sp³-hybridized carbons (Fsp3) is 0.333. The number of hydrogen-bond acceptors (Lipinski definition) is 4. The minimum atomic E-state index is -0.228. The average molecular weight is 340 g/mol. The number of rotatable bonds is 3. The van der Waals surface area contributed by atoms with Crippen LogP contribution in [0.3, 0.4) is 0 Å². The summed E-state index contributed by atoms with van der Waals surface area (Å²) < 4.78 is 5.29. The number of nitrogens with one attached hydrogen (secondary N) is 1. The molecule has 2 saturated heterocycles. The van der Waals surface area contributed by atoms with Gasteiger partial charge in [0.15, 0.2) is 6.67 Å². The number of halogens is 1. The standard InChI is InChI=1S/C15H15ClN2O3S/c16-12-3-1-2-11(8-12)9-13-14(19)18(15(20)22-13)10-17-4-6-21-7-5-17/h1-3,8-9H,4-7,10H2/p+1/b13-9-. The third-order valence-corrected chi connectivity index (χ3v) is 4.74. The number of thioether (sulfide) groups is 1. The monoisotopic (exact) mass is 339 g/mol. The molecule has 7 heteroatoms. The number of imide groups is 1. The summed E-state index contributed by atoms with van der Waals surface area (Å²) in [6, 6.07) is 7.21. The summed E-state index contributed by atoms with van der Waals surface area (Å²) in [6.07, 6.45) is 1.71. The molecule has 0 spiro atoms. The highest BCUT2D eigenvalue weighted by molar-refractivity contribution is 8.18. The Bertz CT molecular complexity index is 629. The Hall–Kier alpha value is -1.34. The Morgan fingerprint density at radius 1 is 1.32 bits per heavy atom. The summed E-state index contributed by atoms with van der Waals surface area (Å²) in [5.74, 6) is -0.228. The van der Waals surface area contributed by atoms with E-state index in [2.05, 4.69) is 0 Å². The topological polar surface area (TPSA) is 51.0 Å². The van der Waals surface area contributed by atoms with Gasteiger partial charge < -0.3 is 9.64 Å². The van der Waals surface area contributed by atoms with E-state index in [0.29, 0.717) is 29.8 Å². The highest BCUT2D eigenvalue weighted by Gasteiger charge is 2.37. The first-order chi connectivity index (χ1) is 10.6. The molecule has 0 aliphatic carbocycles. The molecule has 22 heavy (non-hydrogen) atoms. The van der Waals surface area contributed by atoms with E-state index in [1.54, 1.807) is 18.2 Å². The average Bonchev–Trinajstić information content (AvgIpc) is 2.76. The molecular formula is C15H16ClN2O3S+. The van der Waals surface area contributed by atoms with E-state index in [0.717, 1.165) is 30.4 Å². The molecule has 0 saturated carbocycles. The molecule has 116 valence electrons. The van der Waals surface area contributed by atoms with Gasteiger partial charge in [0, 0.05) is 5.02 Å². The maximum atomic E-state index is 12.4. The van der Waals surface area contributed by atoms with E-state index in [4.69, 9.17) is 16.3 Å². The second-order valence-corrected chi connectivity index (χ2v) is 6.61. The largest absolute Gasteiger partial charge is 0.370 e. The van der Waals surface area contributed by atoms with Crippen molar-refractivity contribution >= 4 is 40.6 Å². The zero-order valence-corrected chi connectivity index (χ0v) is 13.5. The molecule has 3 rings (SSSR count). The summed E-state index contributed by atoms with van der Waals surface area (Å²) in [6.45, 7) is 3.37. The van der Waals surface area contributed by atoms with Gasteiger partial charge in [-0.3, -0.25) is 9.59 Å². The molecule has 5 nitrogen and oxygen atoms in total. The van der Waals surface area contributed by atoms with E-state index in [1.165, 1.54) is 9.80 Å². The third-order valence-electron chi connectivity index (χ3n) is 3.60. The minimum Gasteiger partial charge on any atom is -0.370 e. The number of hydrogen-bond donors (Lipinski definition) is 1. The SMILES string of the molecule is O=C1S/C(=C\c2cccc(Cl)c2)C(=O)N1C[NH+]1CCOCC1. The lowest BCUT2D eigenvalue weighted by molar-refractivity contribution is -0.915. The number of morpholine rings is 1. The lowest BCUT2D eigenvalue weighted by Crippen LogP contribution is -3.15. The van der Waals surface area contributed by atoms with Crippen molar-refractivity contribution in [3.8, 4) is 0 Å². The number of benzene rings is 1. The van der Waals surface area contributed by atoms with E-state index in [1.807, 2.05) is 12.1 Å². The zero-order valence-electron chi connectivity index (χ0n) is 11.9. The van der Waals surface area contributed by atoms with E-state index in [9.17, 15) is 9.59 Å². The van der Waals surface area contributed by atoms with Crippen LogP contribution in [0.15, 0.2) is 29.2 Å². The van der Waals surface area contributed by atoms with Gasteiger partial charge in [0.25, 0.3) is 11.1 Å². The highest BCUT2D eigenvalue weighted by Crippen LogP contribution is 2.31. The van der Waals surface area contributed by atoms with Crippen LogP contribution in [0.5, 0.6) is 0 Å². The van der Waals surface area contributed by atoms with Gasteiger partial charge in [0.05, 0.1) is 18.1 Å². The van der Waals surface area contributed by atoms with Crippen molar-refractivity contribution in [1.29, 1.82) is 0 Å². The van der Waals surface area contributed by atoms with Crippen LogP contribution in [-0.4, -0.2) is 49.0 Å². The van der Waals surface area contributed by atoms with Crippen LogP contribution >= 0.6 is 23.4 Å². The molecule has 2 amide bonds. The van der Waals surface area contributed by atoms with Crippen molar-refractivity contribution in [1.82, 2.24) is 4.90 Å². The zero-order chi connectivity index (χ0) is 15.5. The number of quaternary nitrogens is 1. The lowest BCUT2D eigenvalue weighted by Gasteiger charge is -2.26. The molecule has 0 bridgehead atoms. The Labute approximate surface area is 137 Å². The number of carbonyl (C=O) groups excluding carboxylic acids is 2. The van der Waals surface area contributed by atoms with Crippen molar-refractivity contribution in [3.05, 3.63) is 39.8 Å². The predicted octanol–water partition coefficient (Wildman–Crippen LogP) is 1.25. The molecule has 0 atom stereocenters. The Balaban J connectivity index is 1.73. The molecule has 2 aliphatic heterocycles. The summed E-state index contributed by atoms with van der Waals surface area (Å²) in [7, 11) is 0. The van der Waals surface area contributed by atoms with Crippen LogP contribution in [0.2, 0.25) is 5.02 Å². The van der Waals surface area contributed by atoms with Crippen LogP contribution in [0.4, 0.5) is 4.79 Å². The van der Waals surface area contributed by atoms with Crippen LogP contribution in [0.1, 0.15) is 5.56 Å². The van der Waals surface area contributed by atoms with Crippen molar-refractivity contribution < 1.29 is 19.2 Å². The molecule has 2 fully saturated rings. The lowest BCUT2D eigenvalue weighted by atomic mass is 10.2. The van der Waals surface area contributed by atoms with Crippen LogP contribution in [0.25, 0.3) is 6.08 Å². The Morgan fingerprint density at radius 3 is 2.82 bits per heavy atom. The normalized spacial score (nSPS) is 21.9. The fourth-order valence-electron chi connectivity index (χ4n) is 2.43. The molecule has 2 aliphatic rings. The first-order valence-corrected chi connectivity index (χ1v) is 8.25. The molecule has 0 radical (unpaired) electrons. The summed E-state index contributed by atoms with van der Waals surface area (Å²) in [4.78, 5) is 27.5. The molecule has 0 unspecified atom stereocenters. The van der Waals surface area contributed by atoms with Gasteiger partial charge in [-0.25, -0.2) is 4.90 Å². The van der Waals surface area contributed by atoms with Gasteiger partial charge in [-0.15, -0.1) is 0 Å². The van der Waals surface area contributed by atoms with Gasteiger partial charge >= 0.3 is 0 Å². The molecule has 0 aromatic heterocycles. The minimum absolute atomic E-state index is 0.211.